The Bertz CT molecular complexity index is 6050. The molecule has 0 aliphatic heterocycles. The molecule has 0 aliphatic carbocycles. The van der Waals surface area contributed by atoms with Gasteiger partial charge in [-0.2, -0.15) is 0 Å². The molecule has 0 aliphatic rings. The minimum absolute atomic E-state index is 0.322. The topological polar surface area (TPSA) is 363 Å². The van der Waals surface area contributed by atoms with Gasteiger partial charge in [0.1, 0.15) is 34.2 Å². The summed E-state index contributed by atoms with van der Waals surface area (Å²) in [5, 5.41) is 110. The number of halogens is 7. The monoisotopic (exact) mass is 1890 g/mol. The van der Waals surface area contributed by atoms with E-state index in [1.165, 1.54) is 0 Å². The number of aryl methyl sites for hydroxylation is 6. The smallest absolute Gasteiger partial charge is 0.427 e. The molecular weight excluding hydrogens is 1790 g/mol. The van der Waals surface area contributed by atoms with Crippen LogP contribution in [0.1, 0.15) is 96.3 Å². The van der Waals surface area contributed by atoms with E-state index in [9.17, 15) is 0 Å². The molecule has 7 heterocycles. The van der Waals surface area contributed by atoms with Gasteiger partial charge in [-0.05, 0) is 180 Å². The van der Waals surface area contributed by atoms with Crippen molar-refractivity contribution >= 4 is 190 Å². The summed E-state index contributed by atoms with van der Waals surface area (Å²) in [7, 11) is -7.31. The molecule has 9 aromatic carbocycles. The molecule has 12 N–H and O–H groups in total. The van der Waals surface area contributed by atoms with Crippen LogP contribution in [0.5, 0.6) is 0 Å². The number of benzene rings is 9. The second-order valence-corrected chi connectivity index (χ2v) is 34.1. The lowest BCUT2D eigenvalue weighted by Crippen LogP contribution is -2.10. The predicted molar refractivity (Wildman–Crippen MR) is 532 cm³/mol. The third kappa shape index (κ3) is 29.7. The number of para-hydroxylation sites is 8. The molecule has 0 fully saturated rings. The lowest BCUT2D eigenvalue weighted by molar-refractivity contribution is 0.400. The molecule has 38 heteroatoms. The van der Waals surface area contributed by atoms with E-state index in [4.69, 9.17) is 161 Å². The van der Waals surface area contributed by atoms with Gasteiger partial charge in [-0.1, -0.05) is 248 Å². The second kappa shape index (κ2) is 52.4. The second-order valence-electron chi connectivity index (χ2n) is 31.2. The van der Waals surface area contributed by atoms with Crippen LogP contribution in [-0.4, -0.2) is 165 Å². The van der Waals surface area contributed by atoms with Crippen LogP contribution >= 0.6 is 81.2 Å². The molecule has 130 heavy (non-hydrogen) atoms. The molecule has 7 aromatic heterocycles. The van der Waals surface area contributed by atoms with Gasteiger partial charge in [-0.3, -0.25) is 4.98 Å². The normalized spacial score (nSPS) is 11.1. The van der Waals surface area contributed by atoms with Crippen LogP contribution in [-0.2, 0) is 39.3 Å². The molecule has 16 aromatic rings. The van der Waals surface area contributed by atoms with E-state index in [-0.39, 0.29) is 0 Å². The van der Waals surface area contributed by atoms with Gasteiger partial charge in [-0.15, -0.1) is 0 Å². The number of rotatable bonds is 37. The highest BCUT2D eigenvalue weighted by molar-refractivity contribution is 6.50. The lowest BCUT2D eigenvalue weighted by Gasteiger charge is -2.10. The van der Waals surface area contributed by atoms with Crippen molar-refractivity contribution in [1.29, 1.82) is 0 Å². The van der Waals surface area contributed by atoms with Gasteiger partial charge in [-0.25, -0.2) is 29.9 Å². The maximum Gasteiger partial charge on any atom is 0.451 e. The molecule has 0 radical (unpaired) electrons. The van der Waals surface area contributed by atoms with Crippen molar-refractivity contribution in [2.24, 2.45) is 0 Å². The Hall–Kier alpha value is -9.11. The summed E-state index contributed by atoms with van der Waals surface area (Å²) < 4.78 is 12.7. The number of hydrogen-bond acceptors (Lipinski definition) is 19. The van der Waals surface area contributed by atoms with Gasteiger partial charge in [0.2, 0.25) is 0 Å². The lowest BCUT2D eigenvalue weighted by atomic mass is 9.83. The number of unbranched alkanes of at least 4 members (excludes halogenated alkanes) is 9. The zero-order valence-corrected chi connectivity index (χ0v) is 77.1. The summed E-state index contributed by atoms with van der Waals surface area (Å²) in [6.07, 6.45) is 20.5. The van der Waals surface area contributed by atoms with Gasteiger partial charge in [0.05, 0.1) is 98.0 Å². The predicted octanol–water partition coefficient (Wildman–Crippen LogP) is 19.5. The van der Waals surface area contributed by atoms with Gasteiger partial charge in [0.15, 0.2) is 5.82 Å². The van der Waals surface area contributed by atoms with Crippen molar-refractivity contribution in [2.45, 2.75) is 174 Å². The fourth-order valence-electron chi connectivity index (χ4n) is 15.1. The van der Waals surface area contributed by atoms with Crippen LogP contribution in [0.4, 0.5) is 0 Å². The van der Waals surface area contributed by atoms with Crippen molar-refractivity contribution < 1.29 is 60.3 Å². The first-order valence-electron chi connectivity index (χ1n) is 43.7. The van der Waals surface area contributed by atoms with Crippen LogP contribution in [0.25, 0.3) is 112 Å². The number of imidazole rings is 6. The standard InChI is InChI=1S/C18H20BClN2O2.C17H18BClN2O2.C17H19BN2O2.C16H18BN3O2.C12H14BCl3N2O2.C12H15BCl2N2O2/c20-15-9-3-2-8-14(15)18-21-16-10-4-5-11-17(16)22(18)13-7-1-6-12-19(23)24;19-14-8-2-1-7-13(14)17-20-15-9-3-4-10-16(15)21(17)12-6-5-11-18(22)23;21-18(22)12-6-7-13-20-16-11-5-4-10-15(16)19-17(20)14-8-2-1-3-9-14;21-17(22)10-4-6-12-20-15-9-2-1-7-13(15)19-16(20)14-8-3-5-11-18-14;14-8-6-9-12(11(16)10(8)15)17-7-18(9)5-3-1-2-4-13(19)20;14-9-6-10(15)12-11(7-9)17(8-16-12)5-3-1-2-4-13(18)19/h2-5,8-11,23-24H,1,6-7,12-13H2;1-4,7-10,22-23H,5-6,11-12H2;1-5,8-11,21-22H,6-7,12-13H2;1-3,5,7-9,11,21-22H,4,6,10,12H2;6-7,19-20H,1-5H2;6-8,18-19H,1-5H2. The molecule has 25 nitrogen and oxygen atoms in total. The Kier molecular flexibility index (Phi) is 40.9. The molecule has 0 saturated heterocycles. The fourth-order valence-corrected chi connectivity index (χ4v) is 16.7. The molecule has 0 unspecified atom stereocenters. The summed E-state index contributed by atoms with van der Waals surface area (Å²) in [5.41, 5.74) is 15.2. The van der Waals surface area contributed by atoms with E-state index in [0.29, 0.717) is 78.6 Å². The van der Waals surface area contributed by atoms with Gasteiger partial charge < -0.3 is 87.7 Å². The number of nitrogens with zero attached hydrogens (tertiary/aromatic N) is 13. The molecule has 0 atom stereocenters. The van der Waals surface area contributed by atoms with Crippen LogP contribution < -0.4 is 0 Å². The molecule has 0 amide bonds. The van der Waals surface area contributed by atoms with E-state index < -0.39 is 42.7 Å². The Morgan fingerprint density at radius 1 is 0.254 bits per heavy atom. The number of aromatic nitrogens is 13. The van der Waals surface area contributed by atoms with Crippen LogP contribution in [0.3, 0.4) is 0 Å². The van der Waals surface area contributed by atoms with E-state index in [0.717, 1.165) is 242 Å². The zero-order valence-electron chi connectivity index (χ0n) is 71.8. The molecule has 0 saturated carbocycles. The van der Waals surface area contributed by atoms with Gasteiger partial charge >= 0.3 is 42.7 Å². The minimum atomic E-state index is -1.24. The third-order valence-electron chi connectivity index (χ3n) is 21.5. The van der Waals surface area contributed by atoms with Crippen LogP contribution in [0.2, 0.25) is 73.1 Å². The van der Waals surface area contributed by atoms with Crippen molar-refractivity contribution in [1.82, 2.24) is 62.3 Å². The summed E-state index contributed by atoms with van der Waals surface area (Å²) in [5.74, 6) is 3.54. The summed E-state index contributed by atoms with van der Waals surface area (Å²) in [6.45, 7) is 4.76. The molecule has 0 bridgehead atoms. The highest BCUT2D eigenvalue weighted by Gasteiger charge is 2.22. The maximum atomic E-state index is 8.97. The molecule has 676 valence electrons. The first-order chi connectivity index (χ1) is 62.9. The SMILES string of the molecule is OB(O)CCCCCn1c(-c2ccccc2Cl)nc2ccccc21.OB(O)CCCCCn1cnc2c(Cl)c(Cl)c(Cl)cc21.OB(O)CCCCCn1cnc2c(Cl)cc(Cl)cc21.OB(O)CCCCn1c(-c2ccccc2)nc2ccccc21.OB(O)CCCCn1c(-c2ccccc2Cl)nc2ccccc21.OB(O)CCCCn1c(-c2ccccn2)nc2ccccc21. The van der Waals surface area contributed by atoms with Crippen molar-refractivity contribution in [2.75, 3.05) is 0 Å². The van der Waals surface area contributed by atoms with Crippen molar-refractivity contribution in [3.05, 3.63) is 266 Å². The fraction of sp³-hybridized carbons (Fsp3) is 0.293. The van der Waals surface area contributed by atoms with E-state index >= 15 is 0 Å². The van der Waals surface area contributed by atoms with E-state index in [2.05, 4.69) is 63.6 Å². The highest BCUT2D eigenvalue weighted by atomic mass is 35.5. The highest BCUT2D eigenvalue weighted by Crippen LogP contribution is 2.38. The van der Waals surface area contributed by atoms with Gasteiger partial charge in [0.25, 0.3) is 0 Å². The zero-order chi connectivity index (χ0) is 92.4. The first-order valence-corrected chi connectivity index (χ1v) is 46.3. The summed E-state index contributed by atoms with van der Waals surface area (Å²) in [4.78, 5) is 31.9. The Balaban J connectivity index is 0.000000151. The summed E-state index contributed by atoms with van der Waals surface area (Å²) in [6, 6.07) is 68.9. The Labute approximate surface area is 792 Å². The summed E-state index contributed by atoms with van der Waals surface area (Å²) >= 11 is 42.9. The molecular formula is C92H104B6Cl7N13O12. The Morgan fingerprint density at radius 2 is 0.585 bits per heavy atom. The third-order valence-corrected chi connectivity index (χ3v) is 23.9. The average Bonchev–Trinajstić information content (AvgIpc) is 1.65. The van der Waals surface area contributed by atoms with Crippen molar-refractivity contribution in [3.8, 4) is 45.7 Å². The van der Waals surface area contributed by atoms with Gasteiger partial charge in [0, 0.05) is 67.2 Å². The van der Waals surface area contributed by atoms with Crippen LogP contribution in [0.15, 0.2) is 231 Å². The quantitative estimate of drug-likeness (QED) is 0.00977. The van der Waals surface area contributed by atoms with E-state index in [1.54, 1.807) is 31.0 Å². The number of hydrogen-bond donors (Lipinski definition) is 12. The molecule has 0 spiro atoms. The molecule has 16 rings (SSSR count). The van der Waals surface area contributed by atoms with E-state index in [1.807, 2.05) is 179 Å². The first kappa shape index (κ1) is 101. The number of pyridine rings is 1. The van der Waals surface area contributed by atoms with Crippen LogP contribution in [0, 0.1) is 0 Å². The maximum absolute atomic E-state index is 8.97. The largest absolute Gasteiger partial charge is 0.451 e. The van der Waals surface area contributed by atoms with Crippen molar-refractivity contribution in [3.63, 3.8) is 0 Å². The Morgan fingerprint density at radius 3 is 0.992 bits per heavy atom. The average molecular weight is 1900 g/mol. The minimum Gasteiger partial charge on any atom is -0.427 e. The number of fused-ring (bicyclic) bond motifs is 6.